The van der Waals surface area contributed by atoms with Crippen LogP contribution < -0.4 is 30.7 Å². The molecule has 47 heavy (non-hydrogen) atoms. The van der Waals surface area contributed by atoms with Crippen LogP contribution in [0.15, 0.2) is 48.5 Å². The summed E-state index contributed by atoms with van der Waals surface area (Å²) in [6.45, 7) is 11.4. The molecular formula is C35H50N4O8. The molecule has 0 aromatic heterocycles. The third-order valence-corrected chi connectivity index (χ3v) is 7.04. The van der Waals surface area contributed by atoms with E-state index < -0.39 is 47.7 Å². The van der Waals surface area contributed by atoms with Crippen molar-refractivity contribution in [3.05, 3.63) is 54.1 Å². The fourth-order valence-electron chi connectivity index (χ4n) is 4.79. The predicted molar refractivity (Wildman–Crippen MR) is 179 cm³/mol. The number of rotatable bonds is 18. The molecule has 0 saturated carbocycles. The molecule has 2 aromatic carbocycles. The van der Waals surface area contributed by atoms with Gasteiger partial charge in [-0.2, -0.15) is 0 Å². The van der Waals surface area contributed by atoms with Crippen molar-refractivity contribution in [1.82, 2.24) is 16.0 Å². The standard InChI is InChI=1S/C35H50N4O8/c1-21(2)14-28(31(40)34(43)36-25-17-26(45-7)19-27(18-25)46-8)37-32(41)29(15-22(3)4)38-33(42)30(16-23(5)6)39-35(44)47-20-24-12-10-9-11-13-24/h9-13,17-19,21-23,28-30H,14-16,20H2,1-8H3,(H,36,43)(H,37,41)(H,38,42)(H,39,44)/t28-,29-,30-/m0/s1. The first-order valence-corrected chi connectivity index (χ1v) is 15.9. The molecule has 0 unspecified atom stereocenters. The Morgan fingerprint density at radius 3 is 1.60 bits per heavy atom. The zero-order chi connectivity index (χ0) is 35.1. The molecule has 0 bridgehead atoms. The van der Waals surface area contributed by atoms with Gasteiger partial charge in [0.2, 0.25) is 17.6 Å². The van der Waals surface area contributed by atoms with Crippen LogP contribution in [0.5, 0.6) is 11.5 Å². The first kappa shape index (κ1) is 38.6. The Labute approximate surface area is 277 Å². The van der Waals surface area contributed by atoms with Gasteiger partial charge in [0.15, 0.2) is 0 Å². The third-order valence-electron chi connectivity index (χ3n) is 7.04. The molecule has 12 heteroatoms. The fraction of sp³-hybridized carbons (Fsp3) is 0.514. The van der Waals surface area contributed by atoms with Gasteiger partial charge in [-0.1, -0.05) is 71.9 Å². The van der Waals surface area contributed by atoms with Gasteiger partial charge in [0, 0.05) is 23.9 Å². The van der Waals surface area contributed by atoms with Crippen molar-refractivity contribution in [2.75, 3.05) is 19.5 Å². The van der Waals surface area contributed by atoms with Crippen LogP contribution in [0.3, 0.4) is 0 Å². The molecule has 0 aliphatic rings. The number of ether oxygens (including phenoxy) is 3. The number of nitrogens with one attached hydrogen (secondary N) is 4. The molecular weight excluding hydrogens is 604 g/mol. The average molecular weight is 655 g/mol. The summed E-state index contributed by atoms with van der Waals surface area (Å²) in [6.07, 6.45) is -0.0248. The smallest absolute Gasteiger partial charge is 0.408 e. The predicted octanol–water partition coefficient (Wildman–Crippen LogP) is 4.61. The first-order valence-electron chi connectivity index (χ1n) is 15.9. The molecule has 2 rings (SSSR count). The minimum Gasteiger partial charge on any atom is -0.497 e. The minimum atomic E-state index is -1.15. The zero-order valence-corrected chi connectivity index (χ0v) is 28.7. The topological polar surface area (TPSA) is 161 Å². The SMILES string of the molecule is COc1cc(NC(=O)C(=O)[C@H](CC(C)C)NC(=O)[C@H](CC(C)C)NC(=O)[C@H](CC(C)C)NC(=O)OCc2ccccc2)cc(OC)c1. The number of benzene rings is 2. The minimum absolute atomic E-state index is 0.0102. The number of hydrogen-bond donors (Lipinski definition) is 4. The highest BCUT2D eigenvalue weighted by atomic mass is 16.5. The number of anilines is 1. The molecule has 0 heterocycles. The Morgan fingerprint density at radius 2 is 1.11 bits per heavy atom. The van der Waals surface area contributed by atoms with Crippen LogP contribution in [0.2, 0.25) is 0 Å². The fourth-order valence-corrected chi connectivity index (χ4v) is 4.79. The van der Waals surface area contributed by atoms with E-state index in [0.717, 1.165) is 5.56 Å². The van der Waals surface area contributed by atoms with Crippen molar-refractivity contribution in [2.45, 2.75) is 85.5 Å². The van der Waals surface area contributed by atoms with E-state index in [9.17, 15) is 24.0 Å². The van der Waals surface area contributed by atoms with E-state index in [-0.39, 0.29) is 42.9 Å². The average Bonchev–Trinajstić information content (AvgIpc) is 3.01. The summed E-state index contributed by atoms with van der Waals surface area (Å²) in [5.74, 6) is -2.13. The largest absolute Gasteiger partial charge is 0.497 e. The molecule has 2 aromatic rings. The molecule has 0 radical (unpaired) electrons. The van der Waals surface area contributed by atoms with Gasteiger partial charge >= 0.3 is 6.09 Å². The lowest BCUT2D eigenvalue weighted by atomic mass is 9.97. The number of alkyl carbamates (subject to hydrolysis) is 1. The summed E-state index contributed by atoms with van der Waals surface area (Å²) < 4.78 is 15.8. The normalized spacial score (nSPS) is 12.9. The third kappa shape index (κ3) is 13.7. The summed E-state index contributed by atoms with van der Waals surface area (Å²) >= 11 is 0. The van der Waals surface area contributed by atoms with Gasteiger partial charge in [0.05, 0.1) is 20.3 Å². The Kier molecular flexibility index (Phi) is 15.7. The van der Waals surface area contributed by atoms with Crippen LogP contribution in [0.4, 0.5) is 10.5 Å². The molecule has 0 aliphatic heterocycles. The lowest BCUT2D eigenvalue weighted by Crippen LogP contribution is -2.57. The quantitative estimate of drug-likeness (QED) is 0.170. The number of carbonyl (C=O) groups excluding carboxylic acids is 5. The molecule has 0 saturated heterocycles. The van der Waals surface area contributed by atoms with E-state index in [4.69, 9.17) is 14.2 Å². The second kappa shape index (κ2) is 19.1. The van der Waals surface area contributed by atoms with Crippen molar-refractivity contribution in [3.63, 3.8) is 0 Å². The summed E-state index contributed by atoms with van der Waals surface area (Å²) in [7, 11) is 2.93. The maximum absolute atomic E-state index is 13.6. The van der Waals surface area contributed by atoms with Gasteiger partial charge in [0.25, 0.3) is 5.91 Å². The highest BCUT2D eigenvalue weighted by molar-refractivity contribution is 6.42. The van der Waals surface area contributed by atoms with E-state index in [0.29, 0.717) is 17.9 Å². The Morgan fingerprint density at radius 1 is 0.638 bits per heavy atom. The van der Waals surface area contributed by atoms with Crippen molar-refractivity contribution in [3.8, 4) is 11.5 Å². The Bertz CT molecular complexity index is 1320. The highest BCUT2D eigenvalue weighted by Crippen LogP contribution is 2.26. The van der Waals surface area contributed by atoms with E-state index >= 15 is 0 Å². The van der Waals surface area contributed by atoms with Crippen LogP contribution in [0, 0.1) is 17.8 Å². The van der Waals surface area contributed by atoms with E-state index in [1.807, 2.05) is 71.9 Å². The molecule has 12 nitrogen and oxygen atoms in total. The lowest BCUT2D eigenvalue weighted by Gasteiger charge is -2.27. The summed E-state index contributed by atoms with van der Waals surface area (Å²) in [5.41, 5.74) is 1.08. The molecule has 4 N–H and O–H groups in total. The second-order valence-electron chi connectivity index (χ2n) is 12.7. The maximum Gasteiger partial charge on any atom is 0.408 e. The van der Waals surface area contributed by atoms with Crippen molar-refractivity contribution in [2.24, 2.45) is 17.8 Å². The number of methoxy groups -OCH3 is 2. The molecule has 0 spiro atoms. The van der Waals surface area contributed by atoms with Gasteiger partial charge in [-0.05, 0) is 42.6 Å². The molecule has 4 amide bonds. The van der Waals surface area contributed by atoms with Crippen molar-refractivity contribution < 1.29 is 38.2 Å². The molecule has 0 fully saturated rings. The summed E-state index contributed by atoms with van der Waals surface area (Å²) in [5, 5.41) is 10.7. The zero-order valence-electron chi connectivity index (χ0n) is 28.7. The number of hydrogen-bond acceptors (Lipinski definition) is 8. The summed E-state index contributed by atoms with van der Waals surface area (Å²) in [4.78, 5) is 66.2. The number of carbonyl (C=O) groups is 5. The van der Waals surface area contributed by atoms with Crippen molar-refractivity contribution in [1.29, 1.82) is 0 Å². The Balaban J connectivity index is 2.18. The van der Waals surface area contributed by atoms with Crippen molar-refractivity contribution >= 4 is 35.3 Å². The van der Waals surface area contributed by atoms with Crippen LogP contribution in [-0.2, 0) is 30.5 Å². The van der Waals surface area contributed by atoms with Gasteiger partial charge in [-0.25, -0.2) is 4.79 Å². The molecule has 3 atom stereocenters. The molecule has 258 valence electrons. The van der Waals surface area contributed by atoms with E-state index in [2.05, 4.69) is 21.3 Å². The second-order valence-corrected chi connectivity index (χ2v) is 12.7. The lowest BCUT2D eigenvalue weighted by molar-refractivity contribution is -0.138. The van der Waals surface area contributed by atoms with Crippen LogP contribution in [-0.4, -0.2) is 61.9 Å². The van der Waals surface area contributed by atoms with Crippen LogP contribution in [0.25, 0.3) is 0 Å². The number of Topliss-reactive ketones (excluding diaryl/α,β-unsaturated/α-hetero) is 1. The van der Waals surface area contributed by atoms with Gasteiger partial charge in [-0.3, -0.25) is 19.2 Å². The number of ketones is 1. The number of amides is 4. The van der Waals surface area contributed by atoms with E-state index in [1.165, 1.54) is 26.4 Å². The highest BCUT2D eigenvalue weighted by Gasteiger charge is 2.33. The first-order chi connectivity index (χ1) is 22.2. The van der Waals surface area contributed by atoms with Crippen LogP contribution >= 0.6 is 0 Å². The summed E-state index contributed by atoms with van der Waals surface area (Å²) in [6, 6.07) is 10.7. The molecule has 0 aliphatic carbocycles. The monoisotopic (exact) mass is 654 g/mol. The van der Waals surface area contributed by atoms with Gasteiger partial charge < -0.3 is 35.5 Å². The van der Waals surface area contributed by atoms with Gasteiger partial charge in [0.1, 0.15) is 30.2 Å². The van der Waals surface area contributed by atoms with Crippen LogP contribution in [0.1, 0.15) is 66.4 Å². The maximum atomic E-state index is 13.6. The Hall–Kier alpha value is -4.61. The van der Waals surface area contributed by atoms with E-state index in [1.54, 1.807) is 6.07 Å². The van der Waals surface area contributed by atoms with Gasteiger partial charge in [-0.15, -0.1) is 0 Å².